The van der Waals surface area contributed by atoms with E-state index in [1.165, 1.54) is 18.4 Å². The quantitative estimate of drug-likeness (QED) is 0.805. The van der Waals surface area contributed by atoms with Crippen molar-refractivity contribution in [3.8, 4) is 0 Å². The van der Waals surface area contributed by atoms with Gasteiger partial charge in [-0.05, 0) is 39.0 Å². The number of hydrogen-bond acceptors (Lipinski definition) is 4. The Hall–Kier alpha value is -1.32. The molecule has 18 heavy (non-hydrogen) atoms. The van der Waals surface area contributed by atoms with Crippen molar-refractivity contribution >= 4 is 11.8 Å². The van der Waals surface area contributed by atoms with Crippen LogP contribution in [0.15, 0.2) is 6.20 Å². The molecule has 0 aliphatic heterocycles. The summed E-state index contributed by atoms with van der Waals surface area (Å²) >= 11 is 0. The highest BCUT2D eigenvalue weighted by atomic mass is 15.2. The number of rotatable bonds is 7. The molecular formula is C14H24N4. The Morgan fingerprint density at radius 2 is 2.17 bits per heavy atom. The van der Waals surface area contributed by atoms with Gasteiger partial charge in [-0.2, -0.15) is 4.98 Å². The molecule has 1 aromatic rings. The van der Waals surface area contributed by atoms with E-state index in [1.54, 1.807) is 0 Å². The van der Waals surface area contributed by atoms with Crippen LogP contribution in [-0.4, -0.2) is 29.6 Å². The van der Waals surface area contributed by atoms with Crippen LogP contribution in [0.5, 0.6) is 0 Å². The normalized spacial score (nSPS) is 14.6. The topological polar surface area (TPSA) is 41.1 Å². The number of nitrogens with zero attached hydrogens (tertiary/aromatic N) is 3. The Labute approximate surface area is 110 Å². The molecule has 0 atom stereocenters. The van der Waals surface area contributed by atoms with Gasteiger partial charge in [0.15, 0.2) is 0 Å². The smallest absolute Gasteiger partial charge is 0.224 e. The summed E-state index contributed by atoms with van der Waals surface area (Å²) in [4.78, 5) is 11.4. The fourth-order valence-electron chi connectivity index (χ4n) is 2.16. The molecule has 0 unspecified atom stereocenters. The molecule has 0 bridgehead atoms. The van der Waals surface area contributed by atoms with Crippen molar-refractivity contribution in [1.82, 2.24) is 9.97 Å². The van der Waals surface area contributed by atoms with Crippen LogP contribution in [0.2, 0.25) is 0 Å². The van der Waals surface area contributed by atoms with Crippen LogP contribution in [0.1, 0.15) is 38.7 Å². The molecule has 1 N–H and O–H groups in total. The monoisotopic (exact) mass is 248 g/mol. The zero-order valence-electron chi connectivity index (χ0n) is 11.7. The fourth-order valence-corrected chi connectivity index (χ4v) is 2.16. The third-order valence-electron chi connectivity index (χ3n) is 3.25. The van der Waals surface area contributed by atoms with Gasteiger partial charge in [-0.1, -0.05) is 6.92 Å². The summed E-state index contributed by atoms with van der Waals surface area (Å²) in [7, 11) is 0. The lowest BCUT2D eigenvalue weighted by Crippen LogP contribution is -2.28. The lowest BCUT2D eigenvalue weighted by Gasteiger charge is -2.25. The summed E-state index contributed by atoms with van der Waals surface area (Å²) in [5, 5.41) is 3.19. The number of aromatic nitrogens is 2. The molecule has 2 rings (SSSR count). The molecular weight excluding hydrogens is 224 g/mol. The average Bonchev–Trinajstić information content (AvgIpc) is 3.15. The highest BCUT2D eigenvalue weighted by molar-refractivity contribution is 5.49. The average molecular weight is 248 g/mol. The third kappa shape index (κ3) is 3.34. The molecule has 0 radical (unpaired) electrons. The first-order chi connectivity index (χ1) is 8.74. The van der Waals surface area contributed by atoms with Crippen LogP contribution in [0, 0.1) is 12.8 Å². The first-order valence-corrected chi connectivity index (χ1v) is 7.07. The molecule has 0 aromatic carbocycles. The van der Waals surface area contributed by atoms with Crippen molar-refractivity contribution in [2.45, 2.75) is 40.0 Å². The van der Waals surface area contributed by atoms with Crippen molar-refractivity contribution in [3.63, 3.8) is 0 Å². The third-order valence-corrected chi connectivity index (χ3v) is 3.25. The lowest BCUT2D eigenvalue weighted by atomic mass is 10.2. The Balaban J connectivity index is 2.17. The van der Waals surface area contributed by atoms with Crippen molar-refractivity contribution in [2.75, 3.05) is 29.9 Å². The second kappa shape index (κ2) is 6.03. The molecule has 0 amide bonds. The first kappa shape index (κ1) is 13.1. The predicted octanol–water partition coefficient (Wildman–Crippen LogP) is 2.84. The zero-order valence-corrected chi connectivity index (χ0v) is 11.7. The fraction of sp³-hybridized carbons (Fsp3) is 0.714. The van der Waals surface area contributed by atoms with Crippen LogP contribution >= 0.6 is 0 Å². The van der Waals surface area contributed by atoms with E-state index < -0.39 is 0 Å². The van der Waals surface area contributed by atoms with Gasteiger partial charge in [-0.3, -0.25) is 0 Å². The maximum Gasteiger partial charge on any atom is 0.224 e. The Kier molecular flexibility index (Phi) is 4.39. The van der Waals surface area contributed by atoms with E-state index in [2.05, 4.69) is 41.0 Å². The summed E-state index contributed by atoms with van der Waals surface area (Å²) < 4.78 is 0. The van der Waals surface area contributed by atoms with Crippen LogP contribution in [-0.2, 0) is 0 Å². The van der Waals surface area contributed by atoms with Gasteiger partial charge < -0.3 is 10.2 Å². The molecule has 1 aromatic heterocycles. The molecule has 4 nitrogen and oxygen atoms in total. The highest BCUT2D eigenvalue weighted by Crippen LogP contribution is 2.31. The van der Waals surface area contributed by atoms with Crippen molar-refractivity contribution in [2.24, 2.45) is 5.92 Å². The minimum Gasteiger partial charge on any atom is -0.356 e. The Bertz CT molecular complexity index is 387. The molecule has 4 heteroatoms. The molecule has 1 saturated carbocycles. The van der Waals surface area contributed by atoms with E-state index in [0.717, 1.165) is 43.7 Å². The van der Waals surface area contributed by atoms with Gasteiger partial charge in [-0.15, -0.1) is 0 Å². The summed E-state index contributed by atoms with van der Waals surface area (Å²) in [6.07, 6.45) is 5.84. The number of anilines is 2. The van der Waals surface area contributed by atoms with Crippen LogP contribution in [0.25, 0.3) is 0 Å². The van der Waals surface area contributed by atoms with E-state index in [9.17, 15) is 0 Å². The summed E-state index contributed by atoms with van der Waals surface area (Å²) in [5.41, 5.74) is 1.17. The standard InChI is InChI=1S/C14H24N4/c1-4-8-18(10-12-6-7-12)13-11(3)9-16-14(17-13)15-5-2/h9,12H,4-8,10H2,1-3H3,(H,15,16,17). The van der Waals surface area contributed by atoms with Gasteiger partial charge in [0.05, 0.1) is 0 Å². The maximum atomic E-state index is 4.67. The summed E-state index contributed by atoms with van der Waals surface area (Å²) in [6.45, 7) is 9.48. The van der Waals surface area contributed by atoms with E-state index in [4.69, 9.17) is 0 Å². The summed E-state index contributed by atoms with van der Waals surface area (Å²) in [6, 6.07) is 0. The van der Waals surface area contributed by atoms with Gasteiger partial charge >= 0.3 is 0 Å². The molecule has 1 heterocycles. The first-order valence-electron chi connectivity index (χ1n) is 7.07. The Morgan fingerprint density at radius 1 is 1.39 bits per heavy atom. The van der Waals surface area contributed by atoms with Crippen molar-refractivity contribution < 1.29 is 0 Å². The van der Waals surface area contributed by atoms with Gasteiger partial charge in [0.25, 0.3) is 0 Å². The second-order valence-corrected chi connectivity index (χ2v) is 5.12. The van der Waals surface area contributed by atoms with E-state index in [-0.39, 0.29) is 0 Å². The van der Waals surface area contributed by atoms with Crippen molar-refractivity contribution in [1.29, 1.82) is 0 Å². The molecule has 0 saturated heterocycles. The van der Waals surface area contributed by atoms with E-state index >= 15 is 0 Å². The second-order valence-electron chi connectivity index (χ2n) is 5.12. The molecule has 0 spiro atoms. The largest absolute Gasteiger partial charge is 0.356 e. The highest BCUT2D eigenvalue weighted by Gasteiger charge is 2.25. The van der Waals surface area contributed by atoms with Crippen LogP contribution in [0.3, 0.4) is 0 Å². The molecule has 1 fully saturated rings. The molecule has 1 aliphatic carbocycles. The van der Waals surface area contributed by atoms with Gasteiger partial charge in [0, 0.05) is 31.4 Å². The van der Waals surface area contributed by atoms with Gasteiger partial charge in [-0.25, -0.2) is 4.98 Å². The Morgan fingerprint density at radius 3 is 2.78 bits per heavy atom. The predicted molar refractivity (Wildman–Crippen MR) is 76.2 cm³/mol. The van der Waals surface area contributed by atoms with Crippen LogP contribution < -0.4 is 10.2 Å². The minimum atomic E-state index is 0.745. The minimum absolute atomic E-state index is 0.745. The van der Waals surface area contributed by atoms with Crippen molar-refractivity contribution in [3.05, 3.63) is 11.8 Å². The van der Waals surface area contributed by atoms with E-state index in [1.807, 2.05) is 6.20 Å². The number of nitrogens with one attached hydrogen (secondary N) is 1. The number of aryl methyl sites for hydroxylation is 1. The zero-order chi connectivity index (χ0) is 13.0. The number of hydrogen-bond donors (Lipinski definition) is 1. The van der Waals surface area contributed by atoms with E-state index in [0.29, 0.717) is 0 Å². The summed E-state index contributed by atoms with van der Waals surface area (Å²) in [5.74, 6) is 2.73. The molecule has 1 aliphatic rings. The van der Waals surface area contributed by atoms with Crippen LogP contribution in [0.4, 0.5) is 11.8 Å². The molecule has 100 valence electrons. The maximum absolute atomic E-state index is 4.67. The lowest BCUT2D eigenvalue weighted by molar-refractivity contribution is 0.696. The van der Waals surface area contributed by atoms with Gasteiger partial charge in [0.1, 0.15) is 5.82 Å². The SMILES string of the molecule is CCCN(CC1CC1)c1nc(NCC)ncc1C. The van der Waals surface area contributed by atoms with Gasteiger partial charge in [0.2, 0.25) is 5.95 Å².